The average molecular weight is 852 g/mol. The Kier molecular flexibility index (Phi) is 8.58. The van der Waals surface area contributed by atoms with Crippen molar-refractivity contribution in [2.45, 2.75) is 0 Å². The second-order valence-corrected chi connectivity index (χ2v) is 17.1. The molecule has 0 saturated carbocycles. The molecule has 0 amide bonds. The van der Waals surface area contributed by atoms with Crippen LogP contribution in [0, 0.1) is 22.7 Å². The van der Waals surface area contributed by atoms with E-state index in [4.69, 9.17) is 0 Å². The first-order valence-electron chi connectivity index (χ1n) is 22.5. The number of nitriles is 2. The molecule has 0 N–H and O–H groups in total. The van der Waals surface area contributed by atoms with E-state index in [2.05, 4.69) is 196 Å². The van der Waals surface area contributed by atoms with Crippen molar-refractivity contribution in [3.8, 4) is 62.6 Å². The summed E-state index contributed by atoms with van der Waals surface area (Å²) in [7, 11) is 0. The van der Waals surface area contributed by atoms with Crippen molar-refractivity contribution in [3.05, 3.63) is 236 Å². The molecule has 0 fully saturated rings. The number of benzene rings is 10. The van der Waals surface area contributed by atoms with E-state index in [9.17, 15) is 10.5 Å². The Hall–Kier alpha value is -9.42. The molecule has 0 saturated heterocycles. The van der Waals surface area contributed by atoms with Gasteiger partial charge in [-0.05, 0) is 101 Å². The Balaban J connectivity index is 1.22. The third kappa shape index (κ3) is 5.73. The van der Waals surface area contributed by atoms with Crippen LogP contribution in [0.5, 0.6) is 0 Å². The molecule has 0 atom stereocenters. The van der Waals surface area contributed by atoms with E-state index < -0.39 is 0 Å². The van der Waals surface area contributed by atoms with E-state index in [1.807, 2.05) is 48.5 Å². The number of hydrogen-bond acceptors (Lipinski definition) is 2. The molecule has 3 aromatic heterocycles. The summed E-state index contributed by atoms with van der Waals surface area (Å²) < 4.78 is 7.22. The van der Waals surface area contributed by atoms with E-state index >= 15 is 0 Å². The van der Waals surface area contributed by atoms with Crippen LogP contribution in [-0.2, 0) is 0 Å². The molecular weight excluding hydrogens is 815 g/mol. The lowest BCUT2D eigenvalue weighted by molar-refractivity contribution is 1.17. The summed E-state index contributed by atoms with van der Waals surface area (Å²) in [6.07, 6.45) is 0. The summed E-state index contributed by atoms with van der Waals surface area (Å²) in [4.78, 5) is 0. The zero-order valence-corrected chi connectivity index (χ0v) is 36.1. The fourth-order valence-corrected chi connectivity index (χ4v) is 10.7. The number of hydrogen-bond donors (Lipinski definition) is 0. The third-order valence-corrected chi connectivity index (χ3v) is 13.5. The predicted octanol–water partition coefficient (Wildman–Crippen LogP) is 15.7. The van der Waals surface area contributed by atoms with Crippen molar-refractivity contribution >= 4 is 65.4 Å². The average Bonchev–Trinajstić information content (AvgIpc) is 4.04. The van der Waals surface area contributed by atoms with Crippen LogP contribution in [0.2, 0.25) is 0 Å². The normalized spacial score (nSPS) is 11.6. The molecule has 0 spiro atoms. The Labute approximate surface area is 386 Å². The molecule has 0 aliphatic heterocycles. The van der Waals surface area contributed by atoms with Gasteiger partial charge < -0.3 is 13.7 Å². The van der Waals surface area contributed by atoms with Gasteiger partial charge in [0.1, 0.15) is 0 Å². The number of nitrogens with zero attached hydrogens (tertiary/aromatic N) is 5. The lowest BCUT2D eigenvalue weighted by atomic mass is 9.83. The van der Waals surface area contributed by atoms with Crippen molar-refractivity contribution in [1.82, 2.24) is 13.7 Å². The second kappa shape index (κ2) is 15.1. The van der Waals surface area contributed by atoms with Gasteiger partial charge >= 0.3 is 0 Å². The summed E-state index contributed by atoms with van der Waals surface area (Å²) in [6.45, 7) is 0. The topological polar surface area (TPSA) is 62.4 Å². The SMILES string of the molecule is N#Cc1cccc(C#N)c1-c1c(-c2ccccc2)cc(-n2c3ccc(-n4c5ccccc5c5ccccc54)cc3c3ccc4c(c5ccccc5n4-c4ccccc4)c32)cc1-c1ccccc1. The molecule has 67 heavy (non-hydrogen) atoms. The van der Waals surface area contributed by atoms with Gasteiger partial charge in [0, 0.05) is 60.5 Å². The molecule has 13 aromatic rings. The number of rotatable bonds is 6. The molecule has 10 aromatic carbocycles. The highest BCUT2D eigenvalue weighted by Gasteiger charge is 2.26. The van der Waals surface area contributed by atoms with Crippen molar-refractivity contribution in [1.29, 1.82) is 10.5 Å². The Morgan fingerprint density at radius 1 is 0.299 bits per heavy atom. The van der Waals surface area contributed by atoms with Gasteiger partial charge in [-0.3, -0.25) is 0 Å². The number of aromatic nitrogens is 3. The fourth-order valence-electron chi connectivity index (χ4n) is 10.7. The minimum absolute atomic E-state index is 0.450. The number of para-hydroxylation sites is 4. The first kappa shape index (κ1) is 38.1. The van der Waals surface area contributed by atoms with Crippen LogP contribution >= 0.6 is 0 Å². The highest BCUT2D eigenvalue weighted by molar-refractivity contribution is 6.26. The van der Waals surface area contributed by atoms with Crippen molar-refractivity contribution < 1.29 is 0 Å². The minimum Gasteiger partial charge on any atom is -0.309 e. The highest BCUT2D eigenvalue weighted by Crippen LogP contribution is 2.48. The van der Waals surface area contributed by atoms with Crippen LogP contribution in [0.3, 0.4) is 0 Å². The Morgan fingerprint density at radius 2 is 0.776 bits per heavy atom. The molecule has 0 bridgehead atoms. The van der Waals surface area contributed by atoms with Gasteiger partial charge in [-0.1, -0.05) is 146 Å². The first-order valence-corrected chi connectivity index (χ1v) is 22.5. The van der Waals surface area contributed by atoms with E-state index in [1.54, 1.807) is 6.07 Å². The molecule has 0 aliphatic carbocycles. The van der Waals surface area contributed by atoms with Crippen LogP contribution in [0.15, 0.2) is 224 Å². The number of fused-ring (bicyclic) bond motifs is 10. The monoisotopic (exact) mass is 851 g/mol. The Bertz CT molecular complexity index is 4070. The summed E-state index contributed by atoms with van der Waals surface area (Å²) in [5.41, 5.74) is 16.0. The maximum absolute atomic E-state index is 10.7. The van der Waals surface area contributed by atoms with E-state index in [-0.39, 0.29) is 0 Å². The van der Waals surface area contributed by atoms with Crippen molar-refractivity contribution in [2.24, 2.45) is 0 Å². The Morgan fingerprint density at radius 3 is 1.36 bits per heavy atom. The molecule has 0 unspecified atom stereocenters. The van der Waals surface area contributed by atoms with Gasteiger partial charge in [0.05, 0.1) is 56.4 Å². The van der Waals surface area contributed by atoms with Crippen LogP contribution in [0.4, 0.5) is 0 Å². The van der Waals surface area contributed by atoms with Gasteiger partial charge in [-0.2, -0.15) is 10.5 Å². The molecule has 5 nitrogen and oxygen atoms in total. The maximum Gasteiger partial charge on any atom is 0.0998 e. The standard InChI is InChI=1S/C62H37N5/c63-38-42-21-16-22-43(39-64)59(42)60-51(40-17-4-1-5-18-40)36-46(37-52(60)41-19-6-2-7-20-41)67-57-33-31-45(66-54-28-13-10-25-47(54)48-26-11-14-29-55(48)66)35-53(57)49-32-34-58-61(62(49)67)50-27-12-15-30-56(50)65(58)44-23-8-3-9-24-44/h1-37H. The van der Waals surface area contributed by atoms with Crippen LogP contribution in [0.1, 0.15) is 11.1 Å². The molecule has 3 heterocycles. The molecule has 13 rings (SSSR count). The summed E-state index contributed by atoms with van der Waals surface area (Å²) in [5.74, 6) is 0. The van der Waals surface area contributed by atoms with Crippen LogP contribution in [-0.4, -0.2) is 13.7 Å². The predicted molar refractivity (Wildman–Crippen MR) is 275 cm³/mol. The quantitative estimate of drug-likeness (QED) is 0.167. The molecule has 310 valence electrons. The van der Waals surface area contributed by atoms with Gasteiger partial charge in [0.15, 0.2) is 0 Å². The summed E-state index contributed by atoms with van der Waals surface area (Å²) in [5, 5.41) is 28.4. The third-order valence-electron chi connectivity index (χ3n) is 13.5. The van der Waals surface area contributed by atoms with Gasteiger partial charge in [-0.25, -0.2) is 0 Å². The van der Waals surface area contributed by atoms with E-state index in [1.165, 1.54) is 10.8 Å². The van der Waals surface area contributed by atoms with Crippen molar-refractivity contribution in [3.63, 3.8) is 0 Å². The van der Waals surface area contributed by atoms with Gasteiger partial charge in [0.2, 0.25) is 0 Å². The fraction of sp³-hybridized carbons (Fsp3) is 0. The van der Waals surface area contributed by atoms with Gasteiger partial charge in [0.25, 0.3) is 0 Å². The van der Waals surface area contributed by atoms with Crippen LogP contribution < -0.4 is 0 Å². The summed E-state index contributed by atoms with van der Waals surface area (Å²) in [6, 6.07) is 83.7. The van der Waals surface area contributed by atoms with E-state index in [0.717, 1.165) is 99.5 Å². The van der Waals surface area contributed by atoms with E-state index in [0.29, 0.717) is 16.7 Å². The highest BCUT2D eigenvalue weighted by atomic mass is 15.0. The van der Waals surface area contributed by atoms with Gasteiger partial charge in [-0.15, -0.1) is 0 Å². The second-order valence-electron chi connectivity index (χ2n) is 17.1. The molecule has 0 radical (unpaired) electrons. The minimum atomic E-state index is 0.450. The lowest BCUT2D eigenvalue weighted by Crippen LogP contribution is -2.01. The van der Waals surface area contributed by atoms with Crippen LogP contribution in [0.25, 0.3) is 116 Å². The molecular formula is C62H37N5. The summed E-state index contributed by atoms with van der Waals surface area (Å²) >= 11 is 0. The smallest absolute Gasteiger partial charge is 0.0998 e. The largest absolute Gasteiger partial charge is 0.309 e. The lowest BCUT2D eigenvalue weighted by Gasteiger charge is -2.21. The molecule has 0 aliphatic rings. The maximum atomic E-state index is 10.7. The zero-order valence-electron chi connectivity index (χ0n) is 36.1. The molecule has 5 heteroatoms. The van der Waals surface area contributed by atoms with Crippen molar-refractivity contribution in [2.75, 3.05) is 0 Å². The first-order chi connectivity index (χ1) is 33.2. The zero-order chi connectivity index (χ0) is 44.6.